The summed E-state index contributed by atoms with van der Waals surface area (Å²) in [4.78, 5) is 46.4. The van der Waals surface area contributed by atoms with Gasteiger partial charge in [0.15, 0.2) is 0 Å². The number of rotatable bonds is 25. The van der Waals surface area contributed by atoms with Crippen molar-refractivity contribution in [3.8, 4) is 0 Å². The monoisotopic (exact) mass is 561 g/mol. The van der Waals surface area contributed by atoms with Gasteiger partial charge in [-0.15, -0.1) is 0 Å². The van der Waals surface area contributed by atoms with Crippen LogP contribution in [-0.4, -0.2) is 77.4 Å². The highest BCUT2D eigenvalue weighted by molar-refractivity contribution is 7.99. The third-order valence-corrected chi connectivity index (χ3v) is 7.06. The van der Waals surface area contributed by atoms with Crippen LogP contribution in [0.2, 0.25) is 0 Å². The Morgan fingerprint density at radius 3 is 1.79 bits per heavy atom. The second-order valence-corrected chi connectivity index (χ2v) is 10.7. The number of alkyl carbamates (subject to hydrolysis) is 1. The average molecular weight is 562 g/mol. The predicted molar refractivity (Wildman–Crippen MR) is 151 cm³/mol. The molecule has 38 heavy (non-hydrogen) atoms. The first-order valence-corrected chi connectivity index (χ1v) is 15.4. The lowest BCUT2D eigenvalue weighted by molar-refractivity contribution is -0.143. The lowest BCUT2D eigenvalue weighted by atomic mass is 10.0. The number of amides is 3. The molecule has 3 amide bonds. The molecule has 0 aliphatic heterocycles. The van der Waals surface area contributed by atoms with E-state index in [1.807, 2.05) is 0 Å². The van der Waals surface area contributed by atoms with Crippen molar-refractivity contribution in [1.82, 2.24) is 16.0 Å². The largest absolute Gasteiger partial charge is 0.480 e. The van der Waals surface area contributed by atoms with E-state index in [0.29, 0.717) is 12.3 Å². The molecule has 0 bridgehead atoms. The Labute approximate surface area is 232 Å². The van der Waals surface area contributed by atoms with Gasteiger partial charge in [-0.05, 0) is 6.42 Å². The molecule has 222 valence electrons. The smallest absolute Gasteiger partial charge is 0.407 e. The molecule has 0 aromatic heterocycles. The predicted octanol–water partition coefficient (Wildman–Crippen LogP) is 3.99. The SMILES string of the molecule is CCCCCCCCCCCCCCCCNC(=O)OCCSCC(NC(C)=O)C(=O)NC(CO)C(=O)O. The molecule has 0 radical (unpaired) electrons. The van der Waals surface area contributed by atoms with Crippen LogP contribution in [0, 0.1) is 0 Å². The second-order valence-electron chi connectivity index (χ2n) is 9.57. The highest BCUT2D eigenvalue weighted by atomic mass is 32.2. The van der Waals surface area contributed by atoms with Crippen LogP contribution in [-0.2, 0) is 19.1 Å². The van der Waals surface area contributed by atoms with Crippen molar-refractivity contribution in [2.24, 2.45) is 0 Å². The lowest BCUT2D eigenvalue weighted by Gasteiger charge is -2.19. The molecule has 0 heterocycles. The topological polar surface area (TPSA) is 154 Å². The van der Waals surface area contributed by atoms with Gasteiger partial charge >= 0.3 is 12.1 Å². The Morgan fingerprint density at radius 1 is 0.789 bits per heavy atom. The molecule has 0 aliphatic carbocycles. The molecule has 0 saturated carbocycles. The van der Waals surface area contributed by atoms with Gasteiger partial charge in [-0.2, -0.15) is 11.8 Å². The molecule has 5 N–H and O–H groups in total. The van der Waals surface area contributed by atoms with Gasteiger partial charge in [0.1, 0.15) is 18.7 Å². The standard InChI is InChI=1S/C27H51N3O7S/c1-3-4-5-6-7-8-9-10-11-12-13-14-15-16-17-28-27(36)37-18-19-38-21-24(29-22(2)32)25(33)30-23(20-31)26(34)35/h23-24,31H,3-21H2,1-2H3,(H,28,36)(H,29,32)(H,30,33)(H,34,35). The van der Waals surface area contributed by atoms with Gasteiger partial charge in [-0.3, -0.25) is 9.59 Å². The molecular weight excluding hydrogens is 510 g/mol. The maximum Gasteiger partial charge on any atom is 0.407 e. The van der Waals surface area contributed by atoms with Crippen LogP contribution in [0.4, 0.5) is 4.79 Å². The first-order chi connectivity index (χ1) is 18.3. The fourth-order valence-electron chi connectivity index (χ4n) is 3.84. The summed E-state index contributed by atoms with van der Waals surface area (Å²) in [5, 5.41) is 25.4. The van der Waals surface area contributed by atoms with Crippen LogP contribution >= 0.6 is 11.8 Å². The van der Waals surface area contributed by atoms with Gasteiger partial charge in [0.2, 0.25) is 11.8 Å². The average Bonchev–Trinajstić information content (AvgIpc) is 2.88. The van der Waals surface area contributed by atoms with Crippen LogP contribution in [0.1, 0.15) is 104 Å². The Bertz CT molecular complexity index is 652. The molecular formula is C27H51N3O7S. The van der Waals surface area contributed by atoms with Crippen LogP contribution in [0.15, 0.2) is 0 Å². The molecule has 2 atom stereocenters. The van der Waals surface area contributed by atoms with Crippen molar-refractivity contribution in [2.45, 2.75) is 116 Å². The quantitative estimate of drug-likeness (QED) is 0.105. The van der Waals surface area contributed by atoms with E-state index in [-0.39, 0.29) is 12.4 Å². The number of carbonyl (C=O) groups excluding carboxylic acids is 3. The number of aliphatic hydroxyl groups is 1. The van der Waals surface area contributed by atoms with Crippen molar-refractivity contribution >= 4 is 35.6 Å². The fraction of sp³-hybridized carbons (Fsp3) is 0.852. The zero-order chi connectivity index (χ0) is 28.4. The van der Waals surface area contributed by atoms with Gasteiger partial charge in [-0.1, -0.05) is 90.4 Å². The fourth-order valence-corrected chi connectivity index (χ4v) is 4.68. The summed E-state index contributed by atoms with van der Waals surface area (Å²) in [7, 11) is 0. The summed E-state index contributed by atoms with van der Waals surface area (Å²) < 4.78 is 5.13. The normalized spacial score (nSPS) is 12.4. The summed E-state index contributed by atoms with van der Waals surface area (Å²) in [6.07, 6.45) is 17.5. The minimum Gasteiger partial charge on any atom is -0.480 e. The van der Waals surface area contributed by atoms with Crippen molar-refractivity contribution in [3.63, 3.8) is 0 Å². The third-order valence-electron chi connectivity index (χ3n) is 6.04. The number of carboxylic acid groups (broad SMARTS) is 1. The number of aliphatic carboxylic acids is 1. The first-order valence-electron chi connectivity index (χ1n) is 14.2. The summed E-state index contributed by atoms with van der Waals surface area (Å²) in [5.74, 6) is -1.96. The maximum atomic E-state index is 12.2. The van der Waals surface area contributed by atoms with Gasteiger partial charge in [-0.25, -0.2) is 9.59 Å². The number of ether oxygens (including phenoxy) is 1. The molecule has 0 spiro atoms. The summed E-state index contributed by atoms with van der Waals surface area (Å²) in [6.45, 7) is 3.45. The number of aliphatic hydroxyl groups excluding tert-OH is 1. The Hall–Kier alpha value is -2.01. The summed E-state index contributed by atoms with van der Waals surface area (Å²) in [5.41, 5.74) is 0. The van der Waals surface area contributed by atoms with E-state index in [4.69, 9.17) is 14.9 Å². The van der Waals surface area contributed by atoms with Crippen molar-refractivity contribution in [2.75, 3.05) is 31.3 Å². The lowest BCUT2D eigenvalue weighted by Crippen LogP contribution is -2.53. The minimum absolute atomic E-state index is 0.137. The van der Waals surface area contributed by atoms with Crippen molar-refractivity contribution < 1.29 is 34.1 Å². The molecule has 0 aromatic rings. The van der Waals surface area contributed by atoms with E-state index in [1.165, 1.54) is 95.7 Å². The van der Waals surface area contributed by atoms with Crippen LogP contribution in [0.25, 0.3) is 0 Å². The van der Waals surface area contributed by atoms with Crippen LogP contribution in [0.3, 0.4) is 0 Å². The molecule has 11 heteroatoms. The zero-order valence-electron chi connectivity index (χ0n) is 23.4. The number of unbranched alkanes of at least 4 members (excludes halogenated alkanes) is 13. The Balaban J connectivity index is 3.73. The number of carboxylic acids is 1. The molecule has 0 rings (SSSR count). The summed E-state index contributed by atoms with van der Waals surface area (Å²) in [6, 6.07) is -2.42. The zero-order valence-corrected chi connectivity index (χ0v) is 24.3. The number of carbonyl (C=O) groups is 4. The van der Waals surface area contributed by atoms with E-state index in [1.54, 1.807) is 0 Å². The second kappa shape index (κ2) is 25.3. The van der Waals surface area contributed by atoms with Crippen LogP contribution in [0.5, 0.6) is 0 Å². The number of thioether (sulfide) groups is 1. The first kappa shape index (κ1) is 36.0. The molecule has 0 fully saturated rings. The number of hydrogen-bond acceptors (Lipinski definition) is 7. The van der Waals surface area contributed by atoms with Gasteiger partial charge in [0, 0.05) is 25.0 Å². The number of nitrogens with one attached hydrogen (secondary N) is 3. The van der Waals surface area contributed by atoms with Crippen LogP contribution < -0.4 is 16.0 Å². The van der Waals surface area contributed by atoms with Gasteiger partial charge < -0.3 is 30.9 Å². The highest BCUT2D eigenvalue weighted by Crippen LogP contribution is 2.13. The van der Waals surface area contributed by atoms with E-state index in [9.17, 15) is 19.2 Å². The molecule has 0 aromatic carbocycles. The highest BCUT2D eigenvalue weighted by Gasteiger charge is 2.25. The van der Waals surface area contributed by atoms with Gasteiger partial charge in [0.05, 0.1) is 6.61 Å². The number of hydrogen-bond donors (Lipinski definition) is 5. The van der Waals surface area contributed by atoms with E-state index < -0.39 is 42.6 Å². The Morgan fingerprint density at radius 2 is 1.32 bits per heavy atom. The third kappa shape index (κ3) is 22.0. The minimum atomic E-state index is -1.45. The van der Waals surface area contributed by atoms with E-state index >= 15 is 0 Å². The van der Waals surface area contributed by atoms with Gasteiger partial charge in [0.25, 0.3) is 0 Å². The van der Waals surface area contributed by atoms with E-state index in [2.05, 4.69) is 22.9 Å². The van der Waals surface area contributed by atoms with E-state index in [0.717, 1.165) is 12.8 Å². The Kier molecular flexibility index (Phi) is 23.9. The maximum absolute atomic E-state index is 12.2. The molecule has 0 aliphatic rings. The molecule has 10 nitrogen and oxygen atoms in total. The van der Waals surface area contributed by atoms with Crippen molar-refractivity contribution in [3.05, 3.63) is 0 Å². The molecule has 2 unspecified atom stereocenters. The van der Waals surface area contributed by atoms with Crippen molar-refractivity contribution in [1.29, 1.82) is 0 Å². The summed E-state index contributed by atoms with van der Waals surface area (Å²) >= 11 is 1.28. The molecule has 0 saturated heterocycles.